The van der Waals surface area contributed by atoms with Gasteiger partial charge in [0.15, 0.2) is 5.79 Å². The molecule has 0 saturated carbocycles. The largest absolute Gasteiger partial charge is 0.478 e. The molecule has 1 heterocycles. The van der Waals surface area contributed by atoms with Gasteiger partial charge < -0.3 is 24.4 Å². The number of halogens is 1. The lowest BCUT2D eigenvalue weighted by atomic mass is 9.90. The monoisotopic (exact) mass is 466 g/mol. The molecular weight excluding hydrogens is 439 g/mol. The molecule has 1 aliphatic rings. The van der Waals surface area contributed by atoms with Crippen LogP contribution in [0.4, 0.5) is 4.39 Å². The topological polar surface area (TPSA) is 85.2 Å². The molecule has 4 rings (SSSR count). The van der Waals surface area contributed by atoms with Crippen LogP contribution < -0.4 is 4.74 Å². The van der Waals surface area contributed by atoms with Crippen LogP contribution in [0.3, 0.4) is 0 Å². The number of benzene rings is 3. The van der Waals surface area contributed by atoms with Crippen molar-refractivity contribution < 1.29 is 33.6 Å². The summed E-state index contributed by atoms with van der Waals surface area (Å²) in [5, 5.41) is 21.1. The number of aliphatic hydroxyl groups excluding tert-OH is 1. The molecule has 1 fully saturated rings. The molecule has 3 aromatic carbocycles. The first kappa shape index (κ1) is 23.9. The van der Waals surface area contributed by atoms with Crippen LogP contribution >= 0.6 is 0 Å². The van der Waals surface area contributed by atoms with Gasteiger partial charge in [-0.25, -0.2) is 9.18 Å². The molecule has 0 bridgehead atoms. The second-order valence-corrected chi connectivity index (χ2v) is 8.24. The van der Waals surface area contributed by atoms with E-state index in [4.69, 9.17) is 14.2 Å². The third kappa shape index (κ3) is 4.97. The quantitative estimate of drug-likeness (QED) is 0.417. The second-order valence-electron chi connectivity index (χ2n) is 8.24. The van der Waals surface area contributed by atoms with E-state index in [2.05, 4.69) is 0 Å². The van der Waals surface area contributed by atoms with E-state index in [1.54, 1.807) is 37.6 Å². The van der Waals surface area contributed by atoms with Crippen molar-refractivity contribution in [3.05, 3.63) is 77.8 Å². The molecule has 1 saturated heterocycles. The fraction of sp³-hybridized carbons (Fsp3) is 0.296. The Morgan fingerprint density at radius 2 is 1.97 bits per heavy atom. The van der Waals surface area contributed by atoms with Crippen LogP contribution in [0, 0.1) is 5.82 Å². The Morgan fingerprint density at radius 3 is 2.62 bits per heavy atom. The van der Waals surface area contributed by atoms with E-state index in [-0.39, 0.29) is 11.1 Å². The summed E-state index contributed by atoms with van der Waals surface area (Å²) in [5.74, 6) is -1.65. The van der Waals surface area contributed by atoms with Gasteiger partial charge in [0.1, 0.15) is 11.6 Å². The number of carboxylic acid groups (broad SMARTS) is 1. The standard InChI is InChI=1S/C27H27FO6/c1-32-27(11-2-3-14-34-27)12-4-13-33-21-9-10-22-19(15-21)16-23(26(30)31)24(17-29)25(22)18-5-7-20(28)8-6-18/h4-10,13,15-16,29H,2-3,11-12,14,17H2,1H3,(H,30,31). The van der Waals surface area contributed by atoms with Crippen molar-refractivity contribution in [1.82, 2.24) is 0 Å². The Balaban J connectivity index is 1.66. The Bertz CT molecular complexity index is 1200. The van der Waals surface area contributed by atoms with E-state index in [0.29, 0.717) is 35.3 Å². The molecule has 34 heavy (non-hydrogen) atoms. The molecule has 0 aliphatic carbocycles. The van der Waals surface area contributed by atoms with E-state index >= 15 is 0 Å². The predicted octanol–water partition coefficient (Wildman–Crippen LogP) is 5.66. The van der Waals surface area contributed by atoms with Crippen molar-refractivity contribution >= 4 is 16.7 Å². The number of aliphatic hydroxyl groups is 1. The Kier molecular flexibility index (Phi) is 7.26. The maximum atomic E-state index is 13.5. The number of hydrogen-bond donors (Lipinski definition) is 2. The van der Waals surface area contributed by atoms with Crippen molar-refractivity contribution in [1.29, 1.82) is 0 Å². The van der Waals surface area contributed by atoms with E-state index in [1.807, 2.05) is 12.1 Å². The highest BCUT2D eigenvalue weighted by Gasteiger charge is 2.31. The van der Waals surface area contributed by atoms with Gasteiger partial charge in [0, 0.05) is 25.5 Å². The van der Waals surface area contributed by atoms with Crippen molar-refractivity contribution in [2.45, 2.75) is 38.1 Å². The normalized spacial score (nSPS) is 18.4. The first-order valence-electron chi connectivity index (χ1n) is 11.2. The molecule has 1 atom stereocenters. The van der Waals surface area contributed by atoms with Crippen LogP contribution in [-0.4, -0.2) is 35.7 Å². The van der Waals surface area contributed by atoms with E-state index in [9.17, 15) is 19.4 Å². The highest BCUT2D eigenvalue weighted by molar-refractivity contribution is 6.05. The molecule has 1 aliphatic heterocycles. The molecule has 3 aromatic rings. The first-order chi connectivity index (χ1) is 16.5. The lowest BCUT2D eigenvalue weighted by Gasteiger charge is -2.35. The molecule has 0 amide bonds. The molecule has 178 valence electrons. The zero-order chi connectivity index (χ0) is 24.1. The fourth-order valence-corrected chi connectivity index (χ4v) is 4.39. The maximum Gasteiger partial charge on any atom is 0.336 e. The Hall–Kier alpha value is -3.26. The predicted molar refractivity (Wildman–Crippen MR) is 126 cm³/mol. The number of rotatable bonds is 8. The lowest BCUT2D eigenvalue weighted by Crippen LogP contribution is -2.37. The summed E-state index contributed by atoms with van der Waals surface area (Å²) in [7, 11) is 1.64. The lowest BCUT2D eigenvalue weighted by molar-refractivity contribution is -0.239. The summed E-state index contributed by atoms with van der Waals surface area (Å²) in [5.41, 5.74) is 1.43. The van der Waals surface area contributed by atoms with Crippen molar-refractivity contribution in [2.75, 3.05) is 13.7 Å². The molecule has 0 spiro atoms. The van der Waals surface area contributed by atoms with Crippen LogP contribution in [-0.2, 0) is 16.1 Å². The third-order valence-corrected chi connectivity index (χ3v) is 6.16. The maximum absolute atomic E-state index is 13.5. The molecule has 2 N–H and O–H groups in total. The number of carboxylic acids is 1. The van der Waals surface area contributed by atoms with Crippen LogP contribution in [0.25, 0.3) is 21.9 Å². The van der Waals surface area contributed by atoms with Crippen LogP contribution in [0.15, 0.2) is 60.9 Å². The molecular formula is C27H27FO6. The number of aromatic carboxylic acids is 1. The van der Waals surface area contributed by atoms with Gasteiger partial charge in [-0.15, -0.1) is 0 Å². The van der Waals surface area contributed by atoms with Gasteiger partial charge in [0.25, 0.3) is 0 Å². The Labute approximate surface area is 197 Å². The zero-order valence-corrected chi connectivity index (χ0v) is 18.9. The van der Waals surface area contributed by atoms with E-state index in [0.717, 1.165) is 24.6 Å². The zero-order valence-electron chi connectivity index (χ0n) is 18.9. The van der Waals surface area contributed by atoms with Gasteiger partial charge in [0.05, 0.1) is 25.0 Å². The van der Waals surface area contributed by atoms with Crippen molar-refractivity contribution in [2.24, 2.45) is 0 Å². The van der Waals surface area contributed by atoms with Gasteiger partial charge in [-0.2, -0.15) is 0 Å². The van der Waals surface area contributed by atoms with Crippen molar-refractivity contribution in [3.63, 3.8) is 0 Å². The smallest absolute Gasteiger partial charge is 0.336 e. The van der Waals surface area contributed by atoms with Gasteiger partial charge in [0.2, 0.25) is 0 Å². The number of fused-ring (bicyclic) bond motifs is 1. The molecule has 0 radical (unpaired) electrons. The second kappa shape index (κ2) is 10.3. The highest BCUT2D eigenvalue weighted by atomic mass is 19.1. The third-order valence-electron chi connectivity index (χ3n) is 6.16. The van der Waals surface area contributed by atoms with E-state index < -0.39 is 24.2 Å². The average molecular weight is 467 g/mol. The van der Waals surface area contributed by atoms with Crippen LogP contribution in [0.5, 0.6) is 5.75 Å². The molecule has 6 nitrogen and oxygen atoms in total. The number of methoxy groups -OCH3 is 1. The van der Waals surface area contributed by atoms with Gasteiger partial charge in [-0.3, -0.25) is 0 Å². The fourth-order valence-electron chi connectivity index (χ4n) is 4.39. The number of carbonyl (C=O) groups is 1. The summed E-state index contributed by atoms with van der Waals surface area (Å²) in [4.78, 5) is 11.9. The SMILES string of the molecule is COC1(CC=COc2ccc3c(-c4ccc(F)cc4)c(CO)c(C(=O)O)cc3c2)CCCCO1. The van der Waals surface area contributed by atoms with E-state index in [1.165, 1.54) is 18.2 Å². The molecule has 7 heteroatoms. The van der Waals surface area contributed by atoms with Crippen molar-refractivity contribution in [3.8, 4) is 16.9 Å². The van der Waals surface area contributed by atoms with Gasteiger partial charge in [-0.05, 0) is 71.1 Å². The van der Waals surface area contributed by atoms with Crippen LogP contribution in [0.2, 0.25) is 0 Å². The number of hydrogen-bond acceptors (Lipinski definition) is 5. The minimum atomic E-state index is -1.15. The first-order valence-corrected chi connectivity index (χ1v) is 11.2. The minimum Gasteiger partial charge on any atom is -0.478 e. The molecule has 0 aromatic heterocycles. The van der Waals surface area contributed by atoms with Crippen LogP contribution in [0.1, 0.15) is 41.6 Å². The Morgan fingerprint density at radius 1 is 1.18 bits per heavy atom. The summed E-state index contributed by atoms with van der Waals surface area (Å²) in [6.45, 7) is 0.208. The van der Waals surface area contributed by atoms with Gasteiger partial charge >= 0.3 is 5.97 Å². The number of ether oxygens (including phenoxy) is 3. The van der Waals surface area contributed by atoms with Gasteiger partial charge in [-0.1, -0.05) is 18.2 Å². The summed E-state index contributed by atoms with van der Waals surface area (Å²) < 4.78 is 30.7. The minimum absolute atomic E-state index is 0.0153. The summed E-state index contributed by atoms with van der Waals surface area (Å²) >= 11 is 0. The molecule has 1 unspecified atom stereocenters. The highest BCUT2D eigenvalue weighted by Crippen LogP contribution is 2.37. The summed E-state index contributed by atoms with van der Waals surface area (Å²) in [6.07, 6.45) is 6.86. The summed E-state index contributed by atoms with van der Waals surface area (Å²) in [6, 6.07) is 12.6. The average Bonchev–Trinajstić information content (AvgIpc) is 2.86.